The summed E-state index contributed by atoms with van der Waals surface area (Å²) in [4.78, 5) is 6.42. The lowest BCUT2D eigenvalue weighted by atomic mass is 10.2. The molecule has 2 heterocycles. The minimum atomic E-state index is -4.54. The summed E-state index contributed by atoms with van der Waals surface area (Å²) in [6, 6.07) is 0. The number of nitrogen functional groups attached to an aromatic ring is 1. The Morgan fingerprint density at radius 1 is 1.12 bits per heavy atom. The van der Waals surface area contributed by atoms with Crippen molar-refractivity contribution in [2.24, 2.45) is 0 Å². The van der Waals surface area contributed by atoms with E-state index in [0.717, 1.165) is 12.4 Å². The molecule has 0 aliphatic carbocycles. The van der Waals surface area contributed by atoms with E-state index in [0.29, 0.717) is 16.9 Å². The van der Waals surface area contributed by atoms with Gasteiger partial charge in [0.1, 0.15) is 0 Å². The van der Waals surface area contributed by atoms with Crippen LogP contribution in [0.2, 0.25) is 0 Å². The Morgan fingerprint density at radius 2 is 1.75 bits per heavy atom. The molecule has 2 rings (SSSR count). The summed E-state index contributed by atoms with van der Waals surface area (Å²) < 4.78 is 36.5. The Labute approximate surface area is 87.5 Å². The van der Waals surface area contributed by atoms with Crippen molar-refractivity contribution in [3.05, 3.63) is 24.4 Å². The summed E-state index contributed by atoms with van der Waals surface area (Å²) in [7, 11) is 0. The van der Waals surface area contributed by atoms with Gasteiger partial charge in [0, 0.05) is 18.0 Å². The molecule has 2 aromatic rings. The summed E-state index contributed by atoms with van der Waals surface area (Å²) in [5.41, 5.74) is 6.59. The second kappa shape index (κ2) is 3.47. The Bertz CT molecular complexity index is 487. The molecule has 16 heavy (non-hydrogen) atoms. The number of rotatable bonds is 1. The smallest absolute Gasteiger partial charge is 0.396 e. The van der Waals surface area contributed by atoms with Gasteiger partial charge in [0.25, 0.3) is 0 Å². The first-order valence-corrected chi connectivity index (χ1v) is 4.17. The van der Waals surface area contributed by atoms with E-state index in [1.54, 1.807) is 0 Å². The second-order valence-electron chi connectivity index (χ2n) is 2.99. The van der Waals surface area contributed by atoms with Crippen LogP contribution in [0.4, 0.5) is 18.9 Å². The van der Waals surface area contributed by atoms with Crippen molar-refractivity contribution in [1.82, 2.24) is 20.2 Å². The highest BCUT2D eigenvalue weighted by Crippen LogP contribution is 2.27. The molecule has 0 radical (unpaired) electrons. The van der Waals surface area contributed by atoms with Crippen LogP contribution >= 0.6 is 0 Å². The SMILES string of the molecule is Nc1cn[nH]c1-c1cnc(C(F)(F)F)nc1. The molecule has 84 valence electrons. The van der Waals surface area contributed by atoms with Gasteiger partial charge in [0.2, 0.25) is 5.82 Å². The number of nitrogens with one attached hydrogen (secondary N) is 1. The van der Waals surface area contributed by atoms with E-state index in [1.165, 1.54) is 6.20 Å². The van der Waals surface area contributed by atoms with Gasteiger partial charge in [-0.15, -0.1) is 0 Å². The van der Waals surface area contributed by atoms with Crippen molar-refractivity contribution in [3.8, 4) is 11.3 Å². The van der Waals surface area contributed by atoms with E-state index >= 15 is 0 Å². The second-order valence-corrected chi connectivity index (χ2v) is 2.99. The molecule has 0 amide bonds. The fourth-order valence-corrected chi connectivity index (χ4v) is 1.13. The molecule has 5 nitrogen and oxygen atoms in total. The number of alkyl halides is 3. The fraction of sp³-hybridized carbons (Fsp3) is 0.125. The van der Waals surface area contributed by atoms with Crippen LogP contribution in [0.5, 0.6) is 0 Å². The number of nitrogens with two attached hydrogens (primary N) is 1. The van der Waals surface area contributed by atoms with Gasteiger partial charge in [-0.25, -0.2) is 9.97 Å². The van der Waals surface area contributed by atoms with E-state index in [4.69, 9.17) is 5.73 Å². The standard InChI is InChI=1S/C8H6F3N5/c9-8(10,11)7-13-1-4(2-14-7)6-5(12)3-15-16-6/h1-3H,12H2,(H,15,16). The first-order valence-electron chi connectivity index (χ1n) is 4.17. The molecular formula is C8H6F3N5. The molecule has 0 fully saturated rings. The van der Waals surface area contributed by atoms with Gasteiger partial charge in [0.15, 0.2) is 0 Å². The van der Waals surface area contributed by atoms with Crippen LogP contribution in [0.15, 0.2) is 18.6 Å². The van der Waals surface area contributed by atoms with Gasteiger partial charge in [-0.1, -0.05) is 0 Å². The summed E-state index contributed by atoms with van der Waals surface area (Å²) >= 11 is 0. The molecule has 0 saturated heterocycles. The Morgan fingerprint density at radius 3 is 2.19 bits per heavy atom. The quantitative estimate of drug-likeness (QED) is 0.775. The Balaban J connectivity index is 2.37. The summed E-state index contributed by atoms with van der Waals surface area (Å²) in [6.45, 7) is 0. The van der Waals surface area contributed by atoms with Gasteiger partial charge < -0.3 is 5.73 Å². The average Bonchev–Trinajstić information content (AvgIpc) is 2.63. The number of anilines is 1. The molecule has 0 spiro atoms. The number of nitrogens with zero attached hydrogens (tertiary/aromatic N) is 3. The number of hydrogen-bond donors (Lipinski definition) is 2. The van der Waals surface area contributed by atoms with Crippen molar-refractivity contribution in [3.63, 3.8) is 0 Å². The van der Waals surface area contributed by atoms with Gasteiger partial charge in [-0.3, -0.25) is 5.10 Å². The van der Waals surface area contributed by atoms with E-state index in [1.807, 2.05) is 0 Å². The largest absolute Gasteiger partial charge is 0.451 e. The first kappa shape index (κ1) is 10.4. The molecule has 2 aromatic heterocycles. The lowest BCUT2D eigenvalue weighted by molar-refractivity contribution is -0.144. The topological polar surface area (TPSA) is 80.5 Å². The van der Waals surface area contributed by atoms with Crippen molar-refractivity contribution in [2.75, 3.05) is 5.73 Å². The Kier molecular flexibility index (Phi) is 2.26. The molecule has 0 bridgehead atoms. The zero-order valence-corrected chi connectivity index (χ0v) is 7.78. The van der Waals surface area contributed by atoms with Crippen LogP contribution in [0, 0.1) is 0 Å². The van der Waals surface area contributed by atoms with E-state index in [2.05, 4.69) is 20.2 Å². The van der Waals surface area contributed by atoms with Gasteiger partial charge in [-0.05, 0) is 0 Å². The number of halogens is 3. The molecule has 0 aromatic carbocycles. The Hall–Kier alpha value is -2.12. The molecule has 0 saturated carbocycles. The van der Waals surface area contributed by atoms with Gasteiger partial charge in [-0.2, -0.15) is 18.3 Å². The van der Waals surface area contributed by atoms with E-state index in [-0.39, 0.29) is 0 Å². The van der Waals surface area contributed by atoms with Crippen LogP contribution in [-0.4, -0.2) is 20.2 Å². The first-order chi connectivity index (χ1) is 7.48. The molecule has 3 N–H and O–H groups in total. The monoisotopic (exact) mass is 229 g/mol. The normalized spacial score (nSPS) is 11.7. The van der Waals surface area contributed by atoms with Crippen molar-refractivity contribution in [2.45, 2.75) is 6.18 Å². The predicted octanol–water partition coefficient (Wildman–Crippen LogP) is 1.47. The minimum absolute atomic E-state index is 0.323. The van der Waals surface area contributed by atoms with Crippen molar-refractivity contribution in [1.29, 1.82) is 0 Å². The van der Waals surface area contributed by atoms with E-state index < -0.39 is 12.0 Å². The van der Waals surface area contributed by atoms with Crippen molar-refractivity contribution >= 4 is 5.69 Å². The van der Waals surface area contributed by atoms with Gasteiger partial charge >= 0.3 is 6.18 Å². The highest BCUT2D eigenvalue weighted by molar-refractivity contribution is 5.70. The zero-order chi connectivity index (χ0) is 11.8. The summed E-state index contributed by atoms with van der Waals surface area (Å²) in [5, 5.41) is 6.19. The van der Waals surface area contributed by atoms with Crippen molar-refractivity contribution < 1.29 is 13.2 Å². The van der Waals surface area contributed by atoms with Crippen LogP contribution in [0.25, 0.3) is 11.3 Å². The zero-order valence-electron chi connectivity index (χ0n) is 7.78. The van der Waals surface area contributed by atoms with E-state index in [9.17, 15) is 13.2 Å². The molecule has 0 atom stereocenters. The maximum Gasteiger partial charge on any atom is 0.451 e. The maximum absolute atomic E-state index is 12.2. The third-order valence-corrected chi connectivity index (χ3v) is 1.86. The van der Waals surface area contributed by atoms with Crippen LogP contribution in [0.1, 0.15) is 5.82 Å². The number of H-pyrrole nitrogens is 1. The highest BCUT2D eigenvalue weighted by atomic mass is 19.4. The van der Waals surface area contributed by atoms with Crippen LogP contribution in [-0.2, 0) is 6.18 Å². The summed E-state index contributed by atoms with van der Waals surface area (Å²) in [6.07, 6.45) is -1.11. The third-order valence-electron chi connectivity index (χ3n) is 1.86. The highest BCUT2D eigenvalue weighted by Gasteiger charge is 2.34. The number of hydrogen-bond acceptors (Lipinski definition) is 4. The van der Waals surface area contributed by atoms with Crippen LogP contribution < -0.4 is 5.73 Å². The fourth-order valence-electron chi connectivity index (χ4n) is 1.13. The molecule has 0 unspecified atom stereocenters. The number of aromatic amines is 1. The minimum Gasteiger partial charge on any atom is -0.396 e. The predicted molar refractivity (Wildman–Crippen MR) is 49.0 cm³/mol. The molecule has 0 aliphatic rings. The third kappa shape index (κ3) is 1.81. The molecule has 0 aliphatic heterocycles. The molecular weight excluding hydrogens is 223 g/mol. The average molecular weight is 229 g/mol. The number of aromatic nitrogens is 4. The van der Waals surface area contributed by atoms with Gasteiger partial charge in [0.05, 0.1) is 17.6 Å². The lowest BCUT2D eigenvalue weighted by Gasteiger charge is -2.04. The van der Waals surface area contributed by atoms with Crippen LogP contribution in [0.3, 0.4) is 0 Å². The lowest BCUT2D eigenvalue weighted by Crippen LogP contribution is -2.10. The summed E-state index contributed by atoms with van der Waals surface area (Å²) in [5.74, 6) is -1.19. The molecule has 8 heteroatoms. The maximum atomic E-state index is 12.2.